The van der Waals surface area contributed by atoms with Crippen LogP contribution in [0.15, 0.2) is 48.7 Å². The highest BCUT2D eigenvalue weighted by Crippen LogP contribution is 2.28. The number of amides is 1. The molecule has 2 N–H and O–H groups in total. The van der Waals surface area contributed by atoms with E-state index in [0.717, 1.165) is 42.6 Å². The summed E-state index contributed by atoms with van der Waals surface area (Å²) < 4.78 is 0. The number of carbonyl (C=O) groups excluding carboxylic acids is 1. The highest BCUT2D eigenvalue weighted by molar-refractivity contribution is 5.91. The van der Waals surface area contributed by atoms with Gasteiger partial charge in [-0.1, -0.05) is 55.8 Å². The van der Waals surface area contributed by atoms with Crippen molar-refractivity contribution in [3.05, 3.63) is 59.8 Å². The van der Waals surface area contributed by atoms with Crippen LogP contribution in [0.5, 0.6) is 0 Å². The molecule has 1 amide bonds. The summed E-state index contributed by atoms with van der Waals surface area (Å²) in [6.07, 6.45) is 4.93. The van der Waals surface area contributed by atoms with Gasteiger partial charge in [-0.05, 0) is 54.5 Å². The van der Waals surface area contributed by atoms with Crippen molar-refractivity contribution in [1.29, 1.82) is 0 Å². The minimum atomic E-state index is 0.0924. The second-order valence-electron chi connectivity index (χ2n) is 9.51. The van der Waals surface area contributed by atoms with E-state index in [-0.39, 0.29) is 5.91 Å². The third-order valence-electron chi connectivity index (χ3n) is 6.23. The predicted octanol–water partition coefficient (Wildman–Crippen LogP) is 4.92. The summed E-state index contributed by atoms with van der Waals surface area (Å²) in [7, 11) is 0. The minimum Gasteiger partial charge on any atom is -0.361 e. The van der Waals surface area contributed by atoms with Crippen molar-refractivity contribution in [3.8, 4) is 11.1 Å². The first kappa shape index (κ1) is 20.7. The van der Waals surface area contributed by atoms with Gasteiger partial charge in [0.25, 0.3) is 0 Å². The fourth-order valence-electron chi connectivity index (χ4n) is 4.58. The highest BCUT2D eigenvalue weighted by Gasteiger charge is 2.25. The van der Waals surface area contributed by atoms with Gasteiger partial charge in [0.15, 0.2) is 0 Å². The minimum absolute atomic E-state index is 0.0924. The van der Waals surface area contributed by atoms with Crippen LogP contribution in [0.3, 0.4) is 0 Å². The Hall–Kier alpha value is -2.59. The highest BCUT2D eigenvalue weighted by atomic mass is 16.1. The molecular formula is C26H33N3O. The van der Waals surface area contributed by atoms with E-state index in [1.54, 1.807) is 0 Å². The number of hydrogen-bond acceptors (Lipinski definition) is 2. The number of fused-ring (bicyclic) bond motifs is 1. The quantitative estimate of drug-likeness (QED) is 0.613. The molecule has 1 saturated heterocycles. The van der Waals surface area contributed by atoms with Gasteiger partial charge in [-0.2, -0.15) is 0 Å². The molecule has 158 valence electrons. The van der Waals surface area contributed by atoms with E-state index in [4.69, 9.17) is 0 Å². The smallest absolute Gasteiger partial charge is 0.224 e. The molecule has 0 aliphatic carbocycles. The average Bonchev–Trinajstić information content (AvgIpc) is 3.10. The Balaban J connectivity index is 1.34. The van der Waals surface area contributed by atoms with E-state index < -0.39 is 0 Å². The number of aryl methyl sites for hydroxylation is 1. The van der Waals surface area contributed by atoms with Gasteiger partial charge >= 0.3 is 0 Å². The molecule has 0 unspecified atom stereocenters. The lowest BCUT2D eigenvalue weighted by Crippen LogP contribution is -2.43. The molecular weight excluding hydrogens is 370 g/mol. The zero-order chi connectivity index (χ0) is 21.1. The number of H-pyrrole nitrogens is 1. The first-order chi connectivity index (χ1) is 14.4. The Morgan fingerprint density at radius 3 is 2.67 bits per heavy atom. The second-order valence-corrected chi connectivity index (χ2v) is 9.51. The Labute approximate surface area is 179 Å². The van der Waals surface area contributed by atoms with Crippen molar-refractivity contribution in [1.82, 2.24) is 15.2 Å². The molecule has 1 aliphatic heterocycles. The SMILES string of the molecule is Cc1ccc(-c2ccc3c(CC(=O)NCCN4CCCC(C)(C)C4)c[nH]c3c2)cc1. The van der Waals surface area contributed by atoms with Crippen molar-refractivity contribution in [2.24, 2.45) is 5.41 Å². The second kappa shape index (κ2) is 8.65. The molecule has 0 spiro atoms. The van der Waals surface area contributed by atoms with Gasteiger partial charge in [-0.15, -0.1) is 0 Å². The molecule has 3 aromatic rings. The number of aromatic amines is 1. The fraction of sp³-hybridized carbons (Fsp3) is 0.423. The normalized spacial score (nSPS) is 16.6. The first-order valence-electron chi connectivity index (χ1n) is 11.1. The van der Waals surface area contributed by atoms with Gasteiger partial charge < -0.3 is 15.2 Å². The lowest BCUT2D eigenvalue weighted by Gasteiger charge is -2.38. The van der Waals surface area contributed by atoms with Crippen molar-refractivity contribution in [2.45, 2.75) is 40.0 Å². The maximum atomic E-state index is 12.5. The van der Waals surface area contributed by atoms with Crippen LogP contribution >= 0.6 is 0 Å². The molecule has 0 atom stereocenters. The summed E-state index contributed by atoms with van der Waals surface area (Å²) >= 11 is 0. The van der Waals surface area contributed by atoms with Gasteiger partial charge in [-0.25, -0.2) is 0 Å². The van der Waals surface area contributed by atoms with E-state index in [1.165, 1.54) is 29.5 Å². The molecule has 0 bridgehead atoms. The number of benzene rings is 2. The molecule has 4 nitrogen and oxygen atoms in total. The third-order valence-corrected chi connectivity index (χ3v) is 6.23. The van der Waals surface area contributed by atoms with Crippen molar-refractivity contribution in [3.63, 3.8) is 0 Å². The van der Waals surface area contributed by atoms with Gasteiger partial charge in [0.05, 0.1) is 6.42 Å². The summed E-state index contributed by atoms with van der Waals surface area (Å²) in [6.45, 7) is 10.7. The lowest BCUT2D eigenvalue weighted by molar-refractivity contribution is -0.120. The van der Waals surface area contributed by atoms with Gasteiger partial charge in [0.1, 0.15) is 0 Å². The van der Waals surface area contributed by atoms with Crippen LogP contribution in [0.2, 0.25) is 0 Å². The zero-order valence-electron chi connectivity index (χ0n) is 18.4. The number of nitrogens with zero attached hydrogens (tertiary/aromatic N) is 1. The van der Waals surface area contributed by atoms with Gasteiger partial charge in [-0.3, -0.25) is 4.79 Å². The van der Waals surface area contributed by atoms with Crippen LogP contribution in [-0.4, -0.2) is 42.0 Å². The number of piperidine rings is 1. The van der Waals surface area contributed by atoms with Gasteiger partial charge in [0, 0.05) is 36.7 Å². The molecule has 1 fully saturated rings. The summed E-state index contributed by atoms with van der Waals surface area (Å²) in [5.41, 5.74) is 6.17. The van der Waals surface area contributed by atoms with Crippen LogP contribution in [-0.2, 0) is 11.2 Å². The molecule has 1 aromatic heterocycles. The maximum Gasteiger partial charge on any atom is 0.224 e. The summed E-state index contributed by atoms with van der Waals surface area (Å²) in [5.74, 6) is 0.0924. The van der Waals surface area contributed by atoms with E-state index in [9.17, 15) is 4.79 Å². The largest absolute Gasteiger partial charge is 0.361 e. The van der Waals surface area contributed by atoms with E-state index in [1.807, 2.05) is 6.20 Å². The average molecular weight is 404 g/mol. The van der Waals surface area contributed by atoms with Crippen molar-refractivity contribution >= 4 is 16.8 Å². The molecule has 1 aliphatic rings. The number of nitrogens with one attached hydrogen (secondary N) is 2. The van der Waals surface area contributed by atoms with E-state index >= 15 is 0 Å². The summed E-state index contributed by atoms with van der Waals surface area (Å²) in [5, 5.41) is 4.23. The number of carbonyl (C=O) groups is 1. The van der Waals surface area contributed by atoms with Crippen LogP contribution in [0.1, 0.15) is 37.8 Å². The van der Waals surface area contributed by atoms with Crippen molar-refractivity contribution in [2.75, 3.05) is 26.2 Å². The molecule has 0 radical (unpaired) electrons. The van der Waals surface area contributed by atoms with Crippen LogP contribution in [0.4, 0.5) is 0 Å². The van der Waals surface area contributed by atoms with Crippen LogP contribution < -0.4 is 5.32 Å². The Kier molecular flexibility index (Phi) is 5.96. The Morgan fingerprint density at radius 2 is 1.90 bits per heavy atom. The third kappa shape index (κ3) is 4.93. The zero-order valence-corrected chi connectivity index (χ0v) is 18.4. The molecule has 30 heavy (non-hydrogen) atoms. The first-order valence-corrected chi connectivity index (χ1v) is 11.1. The van der Waals surface area contributed by atoms with Crippen molar-refractivity contribution < 1.29 is 4.79 Å². The monoisotopic (exact) mass is 403 g/mol. The molecule has 0 saturated carbocycles. The van der Waals surface area contributed by atoms with E-state index in [0.29, 0.717) is 11.8 Å². The van der Waals surface area contributed by atoms with Gasteiger partial charge in [0.2, 0.25) is 5.91 Å². The fourth-order valence-corrected chi connectivity index (χ4v) is 4.58. The summed E-state index contributed by atoms with van der Waals surface area (Å²) in [6, 6.07) is 15.0. The molecule has 2 aromatic carbocycles. The maximum absolute atomic E-state index is 12.5. The number of rotatable bonds is 6. The Bertz CT molecular complexity index is 1020. The van der Waals surface area contributed by atoms with E-state index in [2.05, 4.69) is 78.4 Å². The predicted molar refractivity (Wildman–Crippen MR) is 125 cm³/mol. The standard InChI is InChI=1S/C26H33N3O/c1-19-5-7-20(8-6-19)21-9-10-23-22(17-28-24(23)15-21)16-25(30)27-12-14-29-13-4-11-26(2,3)18-29/h5-10,15,17,28H,4,11-14,16,18H2,1-3H3,(H,27,30). The van der Waals surface area contributed by atoms with Crippen LogP contribution in [0.25, 0.3) is 22.0 Å². The lowest BCUT2D eigenvalue weighted by atomic mass is 9.84. The Morgan fingerprint density at radius 1 is 1.13 bits per heavy atom. The molecule has 2 heterocycles. The molecule has 4 heteroatoms. The summed E-state index contributed by atoms with van der Waals surface area (Å²) in [4.78, 5) is 18.3. The molecule has 4 rings (SSSR count). The topological polar surface area (TPSA) is 48.1 Å². The number of hydrogen-bond donors (Lipinski definition) is 2. The number of aromatic nitrogens is 1. The number of likely N-dealkylation sites (tertiary alicyclic amines) is 1. The van der Waals surface area contributed by atoms with Crippen LogP contribution in [0, 0.1) is 12.3 Å².